The average molecular weight is 419 g/mol. The molecule has 1 aliphatic rings. The van der Waals surface area contributed by atoms with Gasteiger partial charge in [-0.1, -0.05) is 0 Å². The van der Waals surface area contributed by atoms with Gasteiger partial charge in [0.1, 0.15) is 11.6 Å². The number of hydrogen-bond acceptors (Lipinski definition) is 5. The van der Waals surface area contributed by atoms with Gasteiger partial charge in [0.25, 0.3) is 5.56 Å². The van der Waals surface area contributed by atoms with Crippen LogP contribution in [0.15, 0.2) is 47.5 Å². The lowest BCUT2D eigenvalue weighted by Gasteiger charge is -2.31. The van der Waals surface area contributed by atoms with Gasteiger partial charge in [0.15, 0.2) is 11.5 Å². The molecule has 0 unspecified atom stereocenters. The maximum Gasteiger partial charge on any atom is 0.274 e. The van der Waals surface area contributed by atoms with Gasteiger partial charge in [-0.15, -0.1) is 5.10 Å². The fraction of sp³-hybridized carbons (Fsp3) is 0.217. The quantitative estimate of drug-likeness (QED) is 0.497. The van der Waals surface area contributed by atoms with Crippen molar-refractivity contribution in [2.75, 3.05) is 11.4 Å². The summed E-state index contributed by atoms with van der Waals surface area (Å²) in [4.78, 5) is 23.2. The fourth-order valence-electron chi connectivity index (χ4n) is 4.04. The summed E-state index contributed by atoms with van der Waals surface area (Å²) in [6.07, 6.45) is 3.81. The zero-order chi connectivity index (χ0) is 21.7. The van der Waals surface area contributed by atoms with Crippen molar-refractivity contribution < 1.29 is 8.78 Å². The van der Waals surface area contributed by atoms with Crippen molar-refractivity contribution in [3.8, 4) is 11.1 Å². The Morgan fingerprint density at radius 2 is 1.87 bits per heavy atom. The molecule has 3 aromatic heterocycles. The standard InChI is InChI=1S/C23H19F2N5O/c1-13-14(2)23(28-30-21(31)5-7-26-22(13)30)29-8-6-20-16(12-29)9-15(11-27-20)18-4-3-17(24)10-19(18)25/h3-5,7,9-11H,6,8,12H2,1-2H3. The van der Waals surface area contributed by atoms with E-state index >= 15 is 0 Å². The predicted octanol–water partition coefficient (Wildman–Crippen LogP) is 3.61. The molecule has 31 heavy (non-hydrogen) atoms. The molecular weight excluding hydrogens is 400 g/mol. The number of rotatable bonds is 2. The second-order valence-electron chi connectivity index (χ2n) is 7.72. The zero-order valence-corrected chi connectivity index (χ0v) is 17.1. The molecule has 0 N–H and O–H groups in total. The average Bonchev–Trinajstić information content (AvgIpc) is 2.76. The lowest BCUT2D eigenvalue weighted by molar-refractivity contribution is 0.585. The van der Waals surface area contributed by atoms with Gasteiger partial charge in [-0.25, -0.2) is 13.8 Å². The third-order valence-electron chi connectivity index (χ3n) is 5.83. The molecule has 8 heteroatoms. The van der Waals surface area contributed by atoms with Crippen molar-refractivity contribution in [2.45, 2.75) is 26.8 Å². The summed E-state index contributed by atoms with van der Waals surface area (Å²) in [5.74, 6) is -0.524. The molecule has 0 saturated heterocycles. The van der Waals surface area contributed by atoms with E-state index in [9.17, 15) is 13.6 Å². The van der Waals surface area contributed by atoms with Gasteiger partial charge in [-0.2, -0.15) is 4.52 Å². The first-order chi connectivity index (χ1) is 14.9. The minimum Gasteiger partial charge on any atom is -0.350 e. The highest BCUT2D eigenvalue weighted by Gasteiger charge is 2.23. The van der Waals surface area contributed by atoms with Crippen LogP contribution in [0.4, 0.5) is 14.6 Å². The Kier molecular flexibility index (Phi) is 4.50. The molecule has 0 saturated carbocycles. The molecule has 1 aliphatic heterocycles. The Bertz CT molecular complexity index is 1400. The summed E-state index contributed by atoms with van der Waals surface area (Å²) in [5, 5.41) is 4.58. The van der Waals surface area contributed by atoms with Crippen molar-refractivity contribution in [3.63, 3.8) is 0 Å². The van der Waals surface area contributed by atoms with Gasteiger partial charge in [0.05, 0.1) is 0 Å². The highest BCUT2D eigenvalue weighted by Crippen LogP contribution is 2.30. The summed E-state index contributed by atoms with van der Waals surface area (Å²) in [5.41, 5.74) is 4.95. The minimum absolute atomic E-state index is 0.234. The highest BCUT2D eigenvalue weighted by molar-refractivity contribution is 5.65. The molecular formula is C23H19F2N5O. The number of nitrogens with zero attached hydrogens (tertiary/aromatic N) is 5. The lowest BCUT2D eigenvalue weighted by atomic mass is 9.99. The number of halogens is 2. The molecule has 0 atom stereocenters. The molecule has 4 heterocycles. The number of fused-ring (bicyclic) bond motifs is 2. The van der Waals surface area contributed by atoms with Crippen LogP contribution in [-0.4, -0.2) is 26.1 Å². The van der Waals surface area contributed by atoms with Crippen LogP contribution < -0.4 is 10.5 Å². The van der Waals surface area contributed by atoms with Gasteiger partial charge in [0.2, 0.25) is 0 Å². The van der Waals surface area contributed by atoms with Crippen LogP contribution in [0.2, 0.25) is 0 Å². The van der Waals surface area contributed by atoms with Gasteiger partial charge < -0.3 is 4.90 Å². The van der Waals surface area contributed by atoms with Crippen LogP contribution in [0.1, 0.15) is 22.4 Å². The third kappa shape index (κ3) is 3.24. The van der Waals surface area contributed by atoms with Crippen molar-refractivity contribution in [1.29, 1.82) is 0 Å². The number of benzene rings is 1. The van der Waals surface area contributed by atoms with Crippen LogP contribution in [0.25, 0.3) is 16.8 Å². The smallest absolute Gasteiger partial charge is 0.274 e. The number of pyridine rings is 1. The van der Waals surface area contributed by atoms with Crippen LogP contribution in [-0.2, 0) is 13.0 Å². The Morgan fingerprint density at radius 3 is 2.68 bits per heavy atom. The summed E-state index contributed by atoms with van der Waals surface area (Å²) >= 11 is 0. The van der Waals surface area contributed by atoms with Gasteiger partial charge in [-0.3, -0.25) is 9.78 Å². The number of anilines is 1. The SMILES string of the molecule is Cc1c(N2CCc3ncc(-c4ccc(F)cc4F)cc3C2)nn2c(=O)ccnc2c1C. The molecule has 0 amide bonds. The van der Waals surface area contributed by atoms with E-state index in [0.717, 1.165) is 28.5 Å². The molecule has 1 aromatic carbocycles. The molecule has 6 nitrogen and oxygen atoms in total. The maximum atomic E-state index is 14.3. The second-order valence-corrected chi connectivity index (χ2v) is 7.72. The van der Waals surface area contributed by atoms with Crippen LogP contribution in [0, 0.1) is 25.5 Å². The predicted molar refractivity (Wildman–Crippen MR) is 113 cm³/mol. The topological polar surface area (TPSA) is 63.4 Å². The Hall–Kier alpha value is -3.68. The minimum atomic E-state index is -0.621. The Morgan fingerprint density at radius 1 is 1.03 bits per heavy atom. The van der Waals surface area contributed by atoms with Crippen LogP contribution in [0.3, 0.4) is 0 Å². The van der Waals surface area contributed by atoms with Crippen molar-refractivity contribution in [2.24, 2.45) is 0 Å². The normalized spacial score (nSPS) is 13.5. The molecule has 0 fully saturated rings. The summed E-state index contributed by atoms with van der Waals surface area (Å²) < 4.78 is 28.9. The summed E-state index contributed by atoms with van der Waals surface area (Å²) in [6, 6.07) is 6.81. The molecule has 0 spiro atoms. The Labute approximate surface area is 176 Å². The first-order valence-corrected chi connectivity index (χ1v) is 9.96. The van der Waals surface area contributed by atoms with Crippen molar-refractivity contribution >= 4 is 11.5 Å². The van der Waals surface area contributed by atoms with Crippen LogP contribution in [0.5, 0.6) is 0 Å². The molecule has 5 rings (SSSR count). The zero-order valence-electron chi connectivity index (χ0n) is 17.1. The monoisotopic (exact) mass is 419 g/mol. The van der Waals surface area contributed by atoms with Crippen molar-refractivity contribution in [1.82, 2.24) is 19.6 Å². The van der Waals surface area contributed by atoms with E-state index in [4.69, 9.17) is 0 Å². The van der Waals surface area contributed by atoms with E-state index in [1.54, 1.807) is 6.20 Å². The van der Waals surface area contributed by atoms with E-state index in [0.29, 0.717) is 42.1 Å². The molecule has 0 bridgehead atoms. The first-order valence-electron chi connectivity index (χ1n) is 9.96. The number of hydrogen-bond donors (Lipinski definition) is 0. The highest BCUT2D eigenvalue weighted by atomic mass is 19.1. The van der Waals surface area contributed by atoms with E-state index in [-0.39, 0.29) is 5.56 Å². The number of aromatic nitrogens is 4. The molecule has 0 aliphatic carbocycles. The van der Waals surface area contributed by atoms with Gasteiger partial charge in [-0.05, 0) is 37.6 Å². The second kappa shape index (κ2) is 7.23. The molecule has 156 valence electrons. The van der Waals surface area contributed by atoms with E-state index in [2.05, 4.69) is 20.0 Å². The Balaban J connectivity index is 1.56. The molecule has 0 radical (unpaired) electrons. The molecule has 4 aromatic rings. The fourth-order valence-corrected chi connectivity index (χ4v) is 4.04. The van der Waals surface area contributed by atoms with E-state index in [1.807, 2.05) is 19.9 Å². The summed E-state index contributed by atoms with van der Waals surface area (Å²) in [7, 11) is 0. The number of aryl methyl sites for hydroxylation is 1. The van der Waals surface area contributed by atoms with Gasteiger partial charge in [0, 0.05) is 72.0 Å². The van der Waals surface area contributed by atoms with Crippen LogP contribution >= 0.6 is 0 Å². The van der Waals surface area contributed by atoms with E-state index < -0.39 is 11.6 Å². The van der Waals surface area contributed by atoms with Crippen molar-refractivity contribution in [3.05, 3.63) is 87.1 Å². The van der Waals surface area contributed by atoms with E-state index in [1.165, 1.54) is 28.9 Å². The third-order valence-corrected chi connectivity index (χ3v) is 5.83. The van der Waals surface area contributed by atoms with Gasteiger partial charge >= 0.3 is 0 Å². The largest absolute Gasteiger partial charge is 0.350 e. The summed E-state index contributed by atoms with van der Waals surface area (Å²) in [6.45, 7) is 5.11. The lowest BCUT2D eigenvalue weighted by Crippen LogP contribution is -2.33. The maximum absolute atomic E-state index is 14.3. The first kappa shape index (κ1) is 19.3.